The number of carbonyl (C=O) groups is 2. The van der Waals surface area contributed by atoms with Crippen molar-refractivity contribution in [3.8, 4) is 0 Å². The molecule has 24 heavy (non-hydrogen) atoms. The van der Waals surface area contributed by atoms with Crippen molar-refractivity contribution in [1.29, 1.82) is 0 Å². The Labute approximate surface area is 139 Å². The van der Waals surface area contributed by atoms with Crippen molar-refractivity contribution in [2.24, 2.45) is 13.0 Å². The van der Waals surface area contributed by atoms with Crippen molar-refractivity contribution < 1.29 is 14.0 Å². The molecule has 0 spiro atoms. The Morgan fingerprint density at radius 2 is 2.17 bits per heavy atom. The van der Waals surface area contributed by atoms with Gasteiger partial charge < -0.3 is 9.80 Å². The van der Waals surface area contributed by atoms with Gasteiger partial charge in [0.05, 0.1) is 17.8 Å². The van der Waals surface area contributed by atoms with Crippen LogP contribution in [0.2, 0.25) is 0 Å². The Bertz CT molecular complexity index is 773. The van der Waals surface area contributed by atoms with Crippen molar-refractivity contribution in [1.82, 2.24) is 14.7 Å². The lowest BCUT2D eigenvalue weighted by Gasteiger charge is -2.21. The third-order valence-electron chi connectivity index (χ3n) is 4.17. The van der Waals surface area contributed by atoms with Crippen LogP contribution in [-0.2, 0) is 23.2 Å². The maximum Gasteiger partial charge on any atom is 0.228 e. The van der Waals surface area contributed by atoms with Gasteiger partial charge in [-0.3, -0.25) is 14.3 Å². The van der Waals surface area contributed by atoms with Crippen molar-refractivity contribution in [3.63, 3.8) is 0 Å². The van der Waals surface area contributed by atoms with Crippen LogP contribution in [0, 0.1) is 11.7 Å². The molecule has 1 aromatic carbocycles. The highest BCUT2D eigenvalue weighted by Crippen LogP contribution is 2.28. The van der Waals surface area contributed by atoms with E-state index in [1.807, 2.05) is 13.2 Å². The second-order valence-electron chi connectivity index (χ2n) is 6.07. The second kappa shape index (κ2) is 6.43. The Hall–Kier alpha value is -2.70. The molecular formula is C17H19FN4O2. The summed E-state index contributed by atoms with van der Waals surface area (Å²) in [7, 11) is 3.51. The van der Waals surface area contributed by atoms with Crippen LogP contribution in [0.5, 0.6) is 0 Å². The summed E-state index contributed by atoms with van der Waals surface area (Å²) in [6.45, 7) is 0.632. The zero-order valence-corrected chi connectivity index (χ0v) is 13.6. The summed E-state index contributed by atoms with van der Waals surface area (Å²) >= 11 is 0. The molecule has 0 unspecified atom stereocenters. The van der Waals surface area contributed by atoms with E-state index in [9.17, 15) is 14.0 Å². The van der Waals surface area contributed by atoms with Gasteiger partial charge in [0.15, 0.2) is 0 Å². The van der Waals surface area contributed by atoms with Crippen LogP contribution < -0.4 is 4.90 Å². The predicted octanol–water partition coefficient (Wildman–Crippen LogP) is 1.57. The van der Waals surface area contributed by atoms with Gasteiger partial charge in [-0.2, -0.15) is 5.10 Å². The van der Waals surface area contributed by atoms with Gasteiger partial charge in [-0.1, -0.05) is 12.1 Å². The van der Waals surface area contributed by atoms with Crippen LogP contribution in [0.3, 0.4) is 0 Å². The summed E-state index contributed by atoms with van der Waals surface area (Å²) in [6, 6.07) is 6.12. The Morgan fingerprint density at radius 3 is 2.83 bits per heavy atom. The molecule has 2 aromatic rings. The molecule has 1 aliphatic rings. The molecule has 126 valence electrons. The SMILES string of the molecule is CN(Cc1cnn(C)c1)C(=O)[C@@H]1CC(=O)N(c2ccccc2F)C1. The maximum absolute atomic E-state index is 13.9. The van der Waals surface area contributed by atoms with Crippen LogP contribution in [0.15, 0.2) is 36.7 Å². The van der Waals surface area contributed by atoms with Crippen molar-refractivity contribution in [3.05, 3.63) is 48.0 Å². The number of hydrogen-bond donors (Lipinski definition) is 0. The first-order valence-electron chi connectivity index (χ1n) is 7.73. The fraction of sp³-hybridized carbons (Fsp3) is 0.353. The lowest BCUT2D eigenvalue weighted by molar-refractivity contribution is -0.135. The summed E-state index contributed by atoms with van der Waals surface area (Å²) in [4.78, 5) is 27.7. The largest absolute Gasteiger partial charge is 0.341 e. The molecule has 3 rings (SSSR count). The van der Waals surface area contributed by atoms with Gasteiger partial charge in [0.25, 0.3) is 0 Å². The number of para-hydroxylation sites is 1. The van der Waals surface area contributed by atoms with E-state index in [1.54, 1.807) is 41.0 Å². The number of anilines is 1. The molecule has 2 heterocycles. The molecule has 1 aromatic heterocycles. The zero-order chi connectivity index (χ0) is 17.3. The number of halogens is 1. The van der Waals surface area contributed by atoms with E-state index in [2.05, 4.69) is 5.10 Å². The smallest absolute Gasteiger partial charge is 0.228 e. The standard InChI is InChI=1S/C17H19FN4O2/c1-20(9-12-8-19-21(2)10-12)17(24)13-7-16(23)22(11-13)15-6-4-3-5-14(15)18/h3-6,8,10,13H,7,9,11H2,1-2H3/t13-/m1/s1. The lowest BCUT2D eigenvalue weighted by Crippen LogP contribution is -2.34. The van der Waals surface area contributed by atoms with Crippen molar-refractivity contribution in [2.45, 2.75) is 13.0 Å². The molecule has 0 radical (unpaired) electrons. The number of benzene rings is 1. The van der Waals surface area contributed by atoms with E-state index in [1.165, 1.54) is 11.0 Å². The molecular weight excluding hydrogens is 311 g/mol. The van der Waals surface area contributed by atoms with Crippen LogP contribution in [0.1, 0.15) is 12.0 Å². The van der Waals surface area contributed by atoms with Gasteiger partial charge in [0.1, 0.15) is 5.82 Å². The third-order valence-corrected chi connectivity index (χ3v) is 4.17. The summed E-state index contributed by atoms with van der Waals surface area (Å²) in [5, 5.41) is 4.07. The molecule has 6 nitrogen and oxygen atoms in total. The van der Waals surface area contributed by atoms with E-state index < -0.39 is 11.7 Å². The minimum atomic E-state index is -0.459. The van der Waals surface area contributed by atoms with E-state index >= 15 is 0 Å². The molecule has 2 amide bonds. The highest BCUT2D eigenvalue weighted by Gasteiger charge is 2.37. The molecule has 1 atom stereocenters. The number of aromatic nitrogens is 2. The van der Waals surface area contributed by atoms with E-state index in [4.69, 9.17) is 0 Å². The van der Waals surface area contributed by atoms with Crippen LogP contribution in [0.4, 0.5) is 10.1 Å². The monoisotopic (exact) mass is 330 g/mol. The van der Waals surface area contributed by atoms with Crippen LogP contribution in [-0.4, -0.2) is 40.1 Å². The van der Waals surface area contributed by atoms with Gasteiger partial charge >= 0.3 is 0 Å². The number of nitrogens with zero attached hydrogens (tertiary/aromatic N) is 4. The average Bonchev–Trinajstić information content (AvgIpc) is 3.13. The first-order chi connectivity index (χ1) is 11.5. The van der Waals surface area contributed by atoms with Gasteiger partial charge in [-0.25, -0.2) is 4.39 Å². The van der Waals surface area contributed by atoms with Crippen LogP contribution in [0.25, 0.3) is 0 Å². The van der Waals surface area contributed by atoms with Gasteiger partial charge in [-0.15, -0.1) is 0 Å². The molecule has 0 bridgehead atoms. The van der Waals surface area contributed by atoms with Crippen molar-refractivity contribution >= 4 is 17.5 Å². The third kappa shape index (κ3) is 3.15. The minimum Gasteiger partial charge on any atom is -0.341 e. The predicted molar refractivity (Wildman–Crippen MR) is 86.5 cm³/mol. The summed E-state index contributed by atoms with van der Waals surface area (Å²) in [6.07, 6.45) is 3.65. The molecule has 0 saturated carbocycles. The Kier molecular flexibility index (Phi) is 4.33. The molecule has 0 N–H and O–H groups in total. The average molecular weight is 330 g/mol. The van der Waals surface area contributed by atoms with Crippen molar-refractivity contribution in [2.75, 3.05) is 18.5 Å². The number of aryl methyl sites for hydroxylation is 1. The lowest BCUT2D eigenvalue weighted by atomic mass is 10.1. The van der Waals surface area contributed by atoms with Crippen LogP contribution >= 0.6 is 0 Å². The fourth-order valence-corrected chi connectivity index (χ4v) is 2.99. The Balaban J connectivity index is 1.68. The first-order valence-corrected chi connectivity index (χ1v) is 7.73. The normalized spacial score (nSPS) is 17.4. The first kappa shape index (κ1) is 16.2. The van der Waals surface area contributed by atoms with E-state index in [0.717, 1.165) is 5.56 Å². The van der Waals surface area contributed by atoms with Gasteiger partial charge in [-0.05, 0) is 12.1 Å². The molecule has 1 fully saturated rings. The highest BCUT2D eigenvalue weighted by molar-refractivity contribution is 6.00. The zero-order valence-electron chi connectivity index (χ0n) is 13.6. The second-order valence-corrected chi connectivity index (χ2v) is 6.07. The van der Waals surface area contributed by atoms with E-state index in [-0.39, 0.29) is 30.5 Å². The number of hydrogen-bond acceptors (Lipinski definition) is 3. The topological polar surface area (TPSA) is 58.4 Å². The quantitative estimate of drug-likeness (QED) is 0.855. The summed E-state index contributed by atoms with van der Waals surface area (Å²) in [5.41, 5.74) is 1.15. The summed E-state index contributed by atoms with van der Waals surface area (Å²) in [5.74, 6) is -1.26. The van der Waals surface area contributed by atoms with Gasteiger partial charge in [0.2, 0.25) is 11.8 Å². The Morgan fingerprint density at radius 1 is 1.42 bits per heavy atom. The number of rotatable bonds is 4. The minimum absolute atomic E-state index is 0.102. The molecule has 7 heteroatoms. The molecule has 1 saturated heterocycles. The fourth-order valence-electron chi connectivity index (χ4n) is 2.99. The van der Waals surface area contributed by atoms with Gasteiger partial charge in [0, 0.05) is 45.4 Å². The number of carbonyl (C=O) groups excluding carboxylic acids is 2. The highest BCUT2D eigenvalue weighted by atomic mass is 19.1. The summed E-state index contributed by atoms with van der Waals surface area (Å²) < 4.78 is 15.6. The molecule has 0 aliphatic carbocycles. The van der Waals surface area contributed by atoms with E-state index in [0.29, 0.717) is 6.54 Å². The maximum atomic E-state index is 13.9. The molecule has 1 aliphatic heterocycles. The number of amides is 2.